The van der Waals surface area contributed by atoms with Crippen molar-refractivity contribution in [3.05, 3.63) is 163 Å². The van der Waals surface area contributed by atoms with Crippen molar-refractivity contribution < 1.29 is 9.30 Å². The molecule has 51 heavy (non-hydrogen) atoms. The van der Waals surface area contributed by atoms with E-state index in [1.807, 2.05) is 24.4 Å². The maximum atomic E-state index is 6.59. The van der Waals surface area contributed by atoms with Gasteiger partial charge in [0.2, 0.25) is 0 Å². The largest absolute Gasteiger partial charge is 0.458 e. The Morgan fingerprint density at radius 3 is 2.08 bits per heavy atom. The summed E-state index contributed by atoms with van der Waals surface area (Å²) in [5.41, 5.74) is 8.89. The lowest BCUT2D eigenvalue weighted by Gasteiger charge is -2.20. The van der Waals surface area contributed by atoms with E-state index in [0.717, 1.165) is 50.8 Å². The zero-order valence-corrected chi connectivity index (χ0v) is 30.1. The predicted molar refractivity (Wildman–Crippen MR) is 208 cm³/mol. The summed E-state index contributed by atoms with van der Waals surface area (Å²) in [6, 6.07) is 46.5. The second-order valence-corrected chi connectivity index (χ2v) is 15.3. The molecule has 0 spiro atoms. The second-order valence-electron chi connectivity index (χ2n) is 15.3. The minimum Gasteiger partial charge on any atom is -0.458 e. The number of imidazole rings is 1. The maximum absolute atomic E-state index is 6.59. The van der Waals surface area contributed by atoms with Gasteiger partial charge in [-0.25, -0.2) is 4.98 Å². The predicted octanol–water partition coefficient (Wildman–Crippen LogP) is 11.1. The third-order valence-corrected chi connectivity index (χ3v) is 9.52. The van der Waals surface area contributed by atoms with Crippen LogP contribution in [0, 0.1) is 6.33 Å². The Balaban J connectivity index is 1.15. The van der Waals surface area contributed by atoms with Gasteiger partial charge in [0.15, 0.2) is 0 Å². The molecule has 5 nitrogen and oxygen atoms in total. The molecule has 0 unspecified atom stereocenters. The van der Waals surface area contributed by atoms with E-state index >= 15 is 0 Å². The van der Waals surface area contributed by atoms with Crippen LogP contribution in [0.25, 0.3) is 50.1 Å². The van der Waals surface area contributed by atoms with Crippen molar-refractivity contribution in [2.45, 2.75) is 52.4 Å². The van der Waals surface area contributed by atoms with E-state index in [1.165, 1.54) is 22.1 Å². The summed E-state index contributed by atoms with van der Waals surface area (Å²) < 4.78 is 13.1. The van der Waals surface area contributed by atoms with Crippen molar-refractivity contribution in [2.75, 3.05) is 0 Å². The standard InChI is InChI=1S/C46H42N4O/c1-45(2,3)34-25-26-47-44(27-34)50-41-18-11-10-17-39(41)40-24-23-38(29-42(40)50)51-37-16-12-15-36(28-37)48-30-43(46(4,5)6)49(31-48)35-21-19-33(20-22-35)32-13-8-7-9-14-32/h7-30H,1-6H3. The molecular weight excluding hydrogens is 625 g/mol. The van der Waals surface area contributed by atoms with E-state index in [9.17, 15) is 0 Å². The van der Waals surface area contributed by atoms with Crippen molar-refractivity contribution in [1.29, 1.82) is 0 Å². The molecule has 0 saturated heterocycles. The van der Waals surface area contributed by atoms with Gasteiger partial charge in [0.05, 0.1) is 28.1 Å². The number of hydrogen-bond acceptors (Lipinski definition) is 2. The highest BCUT2D eigenvalue weighted by Gasteiger charge is 2.23. The molecular formula is C46H42N4O. The van der Waals surface area contributed by atoms with Gasteiger partial charge in [0.1, 0.15) is 17.3 Å². The number of ether oxygens (including phenoxy) is 1. The maximum Gasteiger partial charge on any atom is 0.269 e. The van der Waals surface area contributed by atoms with E-state index < -0.39 is 0 Å². The van der Waals surface area contributed by atoms with Crippen molar-refractivity contribution in [2.24, 2.45) is 0 Å². The van der Waals surface area contributed by atoms with E-state index in [-0.39, 0.29) is 10.8 Å². The number of hydrogen-bond donors (Lipinski definition) is 0. The molecule has 8 rings (SSSR count). The third kappa shape index (κ3) is 6.21. The Morgan fingerprint density at radius 1 is 0.608 bits per heavy atom. The van der Waals surface area contributed by atoms with Gasteiger partial charge in [-0.1, -0.05) is 108 Å². The highest BCUT2D eigenvalue weighted by Crippen LogP contribution is 2.36. The normalized spacial score (nSPS) is 12.1. The summed E-state index contributed by atoms with van der Waals surface area (Å²) in [4.78, 5) is 4.83. The summed E-state index contributed by atoms with van der Waals surface area (Å²) in [5.74, 6) is 2.41. The fraction of sp³-hybridized carbons (Fsp3) is 0.174. The van der Waals surface area contributed by atoms with Crippen LogP contribution in [0.4, 0.5) is 0 Å². The van der Waals surface area contributed by atoms with Crippen LogP contribution in [0.3, 0.4) is 0 Å². The lowest BCUT2D eigenvalue weighted by atomic mass is 9.88. The molecule has 0 fully saturated rings. The van der Waals surface area contributed by atoms with E-state index in [0.29, 0.717) is 0 Å². The van der Waals surface area contributed by atoms with Crippen molar-refractivity contribution >= 4 is 21.8 Å². The lowest BCUT2D eigenvalue weighted by Crippen LogP contribution is -2.38. The molecule has 0 saturated carbocycles. The van der Waals surface area contributed by atoms with Gasteiger partial charge in [-0.3, -0.25) is 13.7 Å². The molecule has 0 atom stereocenters. The molecule has 5 heteroatoms. The first-order chi connectivity index (χ1) is 24.5. The molecule has 5 aromatic carbocycles. The van der Waals surface area contributed by atoms with E-state index in [2.05, 4.69) is 183 Å². The Morgan fingerprint density at radius 2 is 1.31 bits per heavy atom. The van der Waals surface area contributed by atoms with Crippen LogP contribution < -0.4 is 9.30 Å². The van der Waals surface area contributed by atoms with Crippen molar-refractivity contribution in [3.63, 3.8) is 0 Å². The second kappa shape index (κ2) is 12.4. The molecule has 0 aliphatic carbocycles. The monoisotopic (exact) mass is 666 g/mol. The number of aromatic nitrogens is 4. The smallest absolute Gasteiger partial charge is 0.269 e. The molecule has 0 bridgehead atoms. The van der Waals surface area contributed by atoms with Crippen LogP contribution in [-0.2, 0) is 10.8 Å². The van der Waals surface area contributed by atoms with Crippen LogP contribution in [0.1, 0.15) is 52.8 Å². The number of benzene rings is 5. The summed E-state index contributed by atoms with van der Waals surface area (Å²) in [5, 5.41) is 2.34. The number of nitrogens with zero attached hydrogens (tertiary/aromatic N) is 4. The molecule has 0 N–H and O–H groups in total. The minimum absolute atomic E-state index is 0.00674. The number of fused-ring (bicyclic) bond motifs is 3. The lowest BCUT2D eigenvalue weighted by molar-refractivity contribution is -0.611. The minimum atomic E-state index is -0.108. The van der Waals surface area contributed by atoms with Crippen LogP contribution in [0.2, 0.25) is 0 Å². The van der Waals surface area contributed by atoms with Crippen molar-refractivity contribution in [3.8, 4) is 39.8 Å². The van der Waals surface area contributed by atoms with Gasteiger partial charge in [-0.15, -0.1) is 0 Å². The fourth-order valence-electron chi connectivity index (χ4n) is 6.76. The number of rotatable bonds is 6. The number of pyridine rings is 1. The first-order valence-electron chi connectivity index (χ1n) is 17.5. The summed E-state index contributed by atoms with van der Waals surface area (Å²) in [6.45, 7) is 13.4. The Kier molecular flexibility index (Phi) is 7.87. The zero-order chi connectivity index (χ0) is 35.3. The highest BCUT2D eigenvalue weighted by molar-refractivity contribution is 6.09. The van der Waals surface area contributed by atoms with E-state index in [1.54, 1.807) is 0 Å². The highest BCUT2D eigenvalue weighted by atomic mass is 16.5. The van der Waals surface area contributed by atoms with Crippen LogP contribution >= 0.6 is 0 Å². The average molecular weight is 667 g/mol. The Hall–Kier alpha value is -5.94. The first kappa shape index (κ1) is 32.3. The molecule has 0 radical (unpaired) electrons. The van der Waals surface area contributed by atoms with Gasteiger partial charge < -0.3 is 4.74 Å². The Bertz CT molecular complexity index is 2510. The molecule has 252 valence electrons. The van der Waals surface area contributed by atoms with Crippen LogP contribution in [-0.4, -0.2) is 14.1 Å². The molecule has 0 aliphatic rings. The average Bonchev–Trinajstić information content (AvgIpc) is 3.73. The number of para-hydroxylation sites is 1. The molecule has 0 aliphatic heterocycles. The van der Waals surface area contributed by atoms with Gasteiger partial charge in [0, 0.05) is 29.2 Å². The zero-order valence-electron chi connectivity index (χ0n) is 30.1. The fourth-order valence-corrected chi connectivity index (χ4v) is 6.76. The Labute approximate surface area is 300 Å². The summed E-state index contributed by atoms with van der Waals surface area (Å²) in [7, 11) is 0. The SMILES string of the molecule is CC(C)(C)c1ccnc(-n2c3ccccc3c3ccc(Oc4cccc(-n5[c-][n+](-c6ccc(-c7ccccc7)cc6)c(C(C)(C)C)c5)c4)cc32)c1. The topological polar surface area (TPSA) is 35.9 Å². The van der Waals surface area contributed by atoms with Gasteiger partial charge in [0.25, 0.3) is 6.33 Å². The molecule has 0 amide bonds. The molecule has 3 heterocycles. The summed E-state index contributed by atoms with van der Waals surface area (Å²) in [6.07, 6.45) is 7.70. The first-order valence-corrected chi connectivity index (χ1v) is 17.5. The third-order valence-electron chi connectivity index (χ3n) is 9.52. The van der Waals surface area contributed by atoms with Gasteiger partial charge in [-0.2, -0.15) is 0 Å². The van der Waals surface area contributed by atoms with Crippen molar-refractivity contribution in [1.82, 2.24) is 14.1 Å². The quantitative estimate of drug-likeness (QED) is 0.131. The van der Waals surface area contributed by atoms with Gasteiger partial charge >= 0.3 is 0 Å². The van der Waals surface area contributed by atoms with Gasteiger partial charge in [-0.05, 0) is 88.2 Å². The molecule has 8 aromatic rings. The van der Waals surface area contributed by atoms with Crippen LogP contribution in [0.15, 0.2) is 146 Å². The summed E-state index contributed by atoms with van der Waals surface area (Å²) >= 11 is 0. The van der Waals surface area contributed by atoms with Crippen LogP contribution in [0.5, 0.6) is 11.5 Å². The molecule has 3 aromatic heterocycles. The van der Waals surface area contributed by atoms with E-state index in [4.69, 9.17) is 9.72 Å².